The molecule has 0 unspecified atom stereocenters. The molecule has 0 rings (SSSR count). The third-order valence-corrected chi connectivity index (χ3v) is 0. The van der Waals surface area contributed by atoms with Gasteiger partial charge in [-0.05, 0) is 13.8 Å². The zero-order valence-corrected chi connectivity index (χ0v) is 5.86. The zero-order chi connectivity index (χ0) is 3.58. The molecular weight excluding hydrogens is 139 g/mol. The van der Waals surface area contributed by atoms with Crippen molar-refractivity contribution in [1.29, 1.82) is 0 Å². The van der Waals surface area contributed by atoms with Gasteiger partial charge in [0.05, 0.1) is 0 Å². The number of Topliss-reactive ketones (excluding diaryl/α,β-unsaturated/α-hetero) is 1. The molecule has 0 saturated carbocycles. The highest BCUT2D eigenvalue weighted by molar-refractivity contribution is 5.85. The van der Waals surface area contributed by atoms with Crippen molar-refractivity contribution in [3.05, 3.63) is 0 Å². The summed E-state index contributed by atoms with van der Waals surface area (Å²) in [6.07, 6.45) is 0. The highest BCUT2D eigenvalue weighted by atomic mass is 35.5. The van der Waals surface area contributed by atoms with Crippen LogP contribution in [0.25, 0.3) is 0 Å². The van der Waals surface area contributed by atoms with Gasteiger partial charge in [0.2, 0.25) is 0 Å². The van der Waals surface area contributed by atoms with Crippen LogP contribution < -0.4 is 0 Å². The first-order valence-corrected chi connectivity index (χ1v) is 1.20. The van der Waals surface area contributed by atoms with Gasteiger partial charge in [-0.1, -0.05) is 0 Å². The van der Waals surface area contributed by atoms with Crippen molar-refractivity contribution < 1.29 is 10.3 Å². The molecule has 2 N–H and O–H groups in total. The summed E-state index contributed by atoms with van der Waals surface area (Å²) in [7, 11) is 0. The van der Waals surface area contributed by atoms with E-state index in [0.29, 0.717) is 0 Å². The molecule has 0 radical (unpaired) electrons. The molecule has 0 aliphatic heterocycles. The van der Waals surface area contributed by atoms with Crippen LogP contribution in [0.1, 0.15) is 13.8 Å². The lowest BCUT2D eigenvalue weighted by molar-refractivity contribution is -0.114. The third-order valence-electron chi connectivity index (χ3n) is 0. The van der Waals surface area contributed by atoms with Crippen LogP contribution in [0.4, 0.5) is 0 Å². The van der Waals surface area contributed by atoms with E-state index < -0.39 is 0 Å². The topological polar surface area (TPSA) is 48.6 Å². The van der Waals surface area contributed by atoms with Gasteiger partial charge in [0.25, 0.3) is 0 Å². The van der Waals surface area contributed by atoms with Gasteiger partial charge in [-0.3, -0.25) is 0 Å². The number of ketones is 1. The van der Waals surface area contributed by atoms with Gasteiger partial charge >= 0.3 is 0 Å². The summed E-state index contributed by atoms with van der Waals surface area (Å²) in [6.45, 7) is 3.06. The summed E-state index contributed by atoms with van der Waals surface area (Å²) in [4.78, 5) is 9.44. The molecule has 0 aliphatic carbocycles. The minimum absolute atomic E-state index is 0. The van der Waals surface area contributed by atoms with E-state index in [2.05, 4.69) is 0 Å². The highest BCUT2D eigenvalue weighted by Gasteiger charge is 1.62. The Balaban J connectivity index is -0.0000000150. The summed E-state index contributed by atoms with van der Waals surface area (Å²) in [5.74, 6) is 0.167. The number of hydrogen-bond acceptors (Lipinski definition) is 1. The van der Waals surface area contributed by atoms with Crippen LogP contribution in [0.3, 0.4) is 0 Å². The lowest BCUT2D eigenvalue weighted by Crippen LogP contribution is -1.69. The number of halogens is 2. The summed E-state index contributed by atoms with van der Waals surface area (Å²) in [5, 5.41) is 0. The van der Waals surface area contributed by atoms with Gasteiger partial charge in [-0.2, -0.15) is 0 Å². The predicted octanol–water partition coefficient (Wildman–Crippen LogP) is 0.614. The standard InChI is InChI=1S/C3H6O.2ClH.H2O/c1-3(2)4;;;/h1-2H3;2*1H;1H2. The Morgan fingerprint density at radius 1 is 1.14 bits per heavy atom. The summed E-state index contributed by atoms with van der Waals surface area (Å²) < 4.78 is 0. The van der Waals surface area contributed by atoms with Gasteiger partial charge in [0, 0.05) is 0 Å². The van der Waals surface area contributed by atoms with Crippen LogP contribution >= 0.6 is 24.8 Å². The fourth-order valence-electron chi connectivity index (χ4n) is 0. The lowest BCUT2D eigenvalue weighted by Gasteiger charge is -1.56. The van der Waals surface area contributed by atoms with E-state index >= 15 is 0 Å². The van der Waals surface area contributed by atoms with E-state index in [9.17, 15) is 4.79 Å². The van der Waals surface area contributed by atoms with E-state index in [-0.39, 0.29) is 36.1 Å². The van der Waals surface area contributed by atoms with Crippen LogP contribution in [0, 0.1) is 0 Å². The minimum Gasteiger partial charge on any atom is -0.412 e. The molecule has 0 heterocycles. The summed E-state index contributed by atoms with van der Waals surface area (Å²) >= 11 is 0. The van der Waals surface area contributed by atoms with Gasteiger partial charge in [-0.15, -0.1) is 24.8 Å². The molecular formula is C3H10Cl2O2. The monoisotopic (exact) mass is 148 g/mol. The first-order valence-electron chi connectivity index (χ1n) is 1.20. The molecule has 0 bridgehead atoms. The molecule has 2 nitrogen and oxygen atoms in total. The quantitative estimate of drug-likeness (QED) is 0.497. The first-order chi connectivity index (χ1) is 1.73. The van der Waals surface area contributed by atoms with Crippen molar-refractivity contribution in [3.63, 3.8) is 0 Å². The van der Waals surface area contributed by atoms with Crippen molar-refractivity contribution in [2.45, 2.75) is 13.8 Å². The molecule has 7 heavy (non-hydrogen) atoms. The molecule has 0 aromatic rings. The maximum atomic E-state index is 9.44. The summed E-state index contributed by atoms with van der Waals surface area (Å²) in [6, 6.07) is 0. The van der Waals surface area contributed by atoms with Crippen molar-refractivity contribution in [1.82, 2.24) is 0 Å². The Hall–Kier alpha value is 0.210. The van der Waals surface area contributed by atoms with Gasteiger partial charge in [-0.25, -0.2) is 0 Å². The fraction of sp³-hybridized carbons (Fsp3) is 0.667. The van der Waals surface area contributed by atoms with Crippen LogP contribution in [-0.2, 0) is 4.79 Å². The molecule has 0 fully saturated rings. The molecule has 0 aromatic carbocycles. The van der Waals surface area contributed by atoms with Crippen molar-refractivity contribution in [3.8, 4) is 0 Å². The van der Waals surface area contributed by atoms with E-state index in [4.69, 9.17) is 0 Å². The lowest BCUT2D eigenvalue weighted by atomic mass is 10.6. The van der Waals surface area contributed by atoms with Crippen molar-refractivity contribution in [2.24, 2.45) is 0 Å². The molecule has 0 saturated heterocycles. The number of carbonyl (C=O) groups excluding carboxylic acids is 1. The van der Waals surface area contributed by atoms with Gasteiger partial charge in [0.1, 0.15) is 5.78 Å². The third kappa shape index (κ3) is 2500. The first kappa shape index (κ1) is 27.0. The van der Waals surface area contributed by atoms with Crippen LogP contribution in [0.15, 0.2) is 0 Å². The van der Waals surface area contributed by atoms with Crippen LogP contribution in [0.5, 0.6) is 0 Å². The molecule has 4 heteroatoms. The van der Waals surface area contributed by atoms with Crippen molar-refractivity contribution in [2.75, 3.05) is 0 Å². The van der Waals surface area contributed by atoms with E-state index in [1.807, 2.05) is 0 Å². The van der Waals surface area contributed by atoms with Crippen LogP contribution in [-0.4, -0.2) is 11.3 Å². The maximum Gasteiger partial charge on any atom is 0.126 e. The Morgan fingerprint density at radius 3 is 1.14 bits per heavy atom. The number of rotatable bonds is 0. The maximum absolute atomic E-state index is 9.44. The normalized spacial score (nSPS) is 3.71. The van der Waals surface area contributed by atoms with E-state index in [1.165, 1.54) is 13.8 Å². The fourth-order valence-corrected chi connectivity index (χ4v) is 0. The molecule has 0 aliphatic rings. The minimum atomic E-state index is 0. The molecule has 0 spiro atoms. The average molecular weight is 149 g/mol. The summed E-state index contributed by atoms with van der Waals surface area (Å²) in [5.41, 5.74) is 0. The Kier molecular flexibility index (Phi) is 63.1. The van der Waals surface area contributed by atoms with Crippen LogP contribution in [0.2, 0.25) is 0 Å². The molecule has 48 valence electrons. The second-order valence-corrected chi connectivity index (χ2v) is 0.908. The van der Waals surface area contributed by atoms with Crippen molar-refractivity contribution >= 4 is 30.6 Å². The second kappa shape index (κ2) is 16.4. The SMILES string of the molecule is CC(C)=O.Cl.Cl.O. The van der Waals surface area contributed by atoms with E-state index in [0.717, 1.165) is 0 Å². The molecule has 0 amide bonds. The number of carbonyl (C=O) groups is 1. The highest BCUT2D eigenvalue weighted by Crippen LogP contribution is 1.50. The predicted molar refractivity (Wildman–Crippen MR) is 34.5 cm³/mol. The van der Waals surface area contributed by atoms with Gasteiger partial charge in [0.15, 0.2) is 0 Å². The largest absolute Gasteiger partial charge is 0.412 e. The smallest absolute Gasteiger partial charge is 0.126 e. The molecule has 0 aromatic heterocycles. The zero-order valence-electron chi connectivity index (χ0n) is 4.22. The second-order valence-electron chi connectivity index (χ2n) is 0.908. The Bertz CT molecular complexity index is 33.9. The molecule has 0 atom stereocenters. The van der Waals surface area contributed by atoms with Gasteiger partial charge < -0.3 is 10.3 Å². The number of hydrogen-bond donors (Lipinski definition) is 0. The Morgan fingerprint density at radius 2 is 1.14 bits per heavy atom. The van der Waals surface area contributed by atoms with E-state index in [1.54, 1.807) is 0 Å². The average Bonchev–Trinajstić information content (AvgIpc) is 0.811. The Labute approximate surface area is 55.4 Å².